The van der Waals surface area contributed by atoms with Gasteiger partial charge in [-0.05, 0) is 18.2 Å². The molecule has 0 atom stereocenters. The van der Waals surface area contributed by atoms with Crippen molar-refractivity contribution in [3.05, 3.63) is 24.0 Å². The van der Waals surface area contributed by atoms with Crippen LogP contribution < -0.4 is 5.73 Å². The minimum absolute atomic E-state index is 0.262. The molecule has 0 saturated heterocycles. The van der Waals surface area contributed by atoms with E-state index in [9.17, 15) is 0 Å². The van der Waals surface area contributed by atoms with Crippen LogP contribution in [0.15, 0.2) is 18.2 Å². The molecule has 1 aromatic heterocycles. The van der Waals surface area contributed by atoms with Crippen LogP contribution in [0.2, 0.25) is 0 Å². The Morgan fingerprint density at radius 3 is 2.81 bits per heavy atom. The molecule has 3 nitrogen and oxygen atoms in total. The van der Waals surface area contributed by atoms with Gasteiger partial charge >= 0.3 is 0 Å². The number of rotatable bonds is 2. The van der Waals surface area contributed by atoms with Crippen molar-refractivity contribution >= 4 is 28.5 Å². The van der Waals surface area contributed by atoms with Gasteiger partial charge in [-0.3, -0.25) is 0 Å². The normalized spacial score (nSPS) is 12.2. The Morgan fingerprint density at radius 1 is 1.38 bits per heavy atom. The molecule has 0 radical (unpaired) electrons. The summed E-state index contributed by atoms with van der Waals surface area (Å²) >= 11 is 1.88. The van der Waals surface area contributed by atoms with Crippen molar-refractivity contribution < 1.29 is 0 Å². The Morgan fingerprint density at radius 2 is 2.12 bits per heavy atom. The number of fused-ring (bicyclic) bond motifs is 1. The topological polar surface area (TPSA) is 54.7 Å². The maximum absolute atomic E-state index is 5.72. The van der Waals surface area contributed by atoms with Crippen LogP contribution in [0.25, 0.3) is 11.0 Å². The summed E-state index contributed by atoms with van der Waals surface area (Å²) in [5.74, 6) is 1.92. The molecular formula is C12H17N3S. The third-order valence-corrected chi connectivity index (χ3v) is 3.48. The third-order valence-electron chi connectivity index (χ3n) is 2.20. The molecule has 0 aliphatic carbocycles. The van der Waals surface area contributed by atoms with E-state index in [1.165, 1.54) is 0 Å². The summed E-state index contributed by atoms with van der Waals surface area (Å²) in [5, 5.41) is 0. The minimum atomic E-state index is 0.262. The van der Waals surface area contributed by atoms with Gasteiger partial charge in [0.1, 0.15) is 5.82 Å². The van der Waals surface area contributed by atoms with Crippen molar-refractivity contribution in [3.63, 3.8) is 0 Å². The second-order valence-electron chi connectivity index (χ2n) is 4.86. The minimum Gasteiger partial charge on any atom is -0.399 e. The van der Waals surface area contributed by atoms with E-state index in [1.54, 1.807) is 0 Å². The molecule has 1 aromatic carbocycles. The predicted octanol–water partition coefficient (Wildman–Crippen LogP) is 3.18. The lowest BCUT2D eigenvalue weighted by atomic mass is 10.3. The molecule has 1 heterocycles. The second-order valence-corrected chi connectivity index (χ2v) is 6.66. The molecule has 0 unspecified atom stereocenters. The highest BCUT2D eigenvalue weighted by atomic mass is 32.2. The maximum atomic E-state index is 5.72. The van der Waals surface area contributed by atoms with Crippen molar-refractivity contribution in [2.45, 2.75) is 31.3 Å². The number of imidazole rings is 1. The summed E-state index contributed by atoms with van der Waals surface area (Å²) in [7, 11) is 0. The molecule has 3 N–H and O–H groups in total. The van der Waals surface area contributed by atoms with E-state index in [1.807, 2.05) is 30.0 Å². The molecule has 0 fully saturated rings. The van der Waals surface area contributed by atoms with Gasteiger partial charge in [-0.25, -0.2) is 4.98 Å². The lowest BCUT2D eigenvalue weighted by Crippen LogP contribution is -2.07. The first-order valence-corrected chi connectivity index (χ1v) is 6.31. The monoisotopic (exact) mass is 235 g/mol. The van der Waals surface area contributed by atoms with Gasteiger partial charge < -0.3 is 10.7 Å². The number of hydrogen-bond donors (Lipinski definition) is 2. The van der Waals surface area contributed by atoms with Crippen molar-refractivity contribution in [1.29, 1.82) is 0 Å². The van der Waals surface area contributed by atoms with Crippen LogP contribution in [-0.2, 0) is 5.75 Å². The average molecular weight is 235 g/mol. The Kier molecular flexibility index (Phi) is 2.84. The van der Waals surface area contributed by atoms with Crippen LogP contribution >= 0.6 is 11.8 Å². The number of anilines is 1. The SMILES string of the molecule is CC(C)(C)SCc1nc2ccc(N)cc2[nH]1. The molecule has 0 saturated carbocycles. The van der Waals surface area contributed by atoms with E-state index in [-0.39, 0.29) is 4.75 Å². The number of thioether (sulfide) groups is 1. The standard InChI is InChI=1S/C12H17N3S/c1-12(2,3)16-7-11-14-9-5-4-8(13)6-10(9)15-11/h4-6H,7,13H2,1-3H3,(H,14,15). The van der Waals surface area contributed by atoms with Gasteiger partial charge in [0.05, 0.1) is 16.8 Å². The number of aromatic amines is 1. The molecule has 0 amide bonds. The number of nitrogen functional groups attached to an aromatic ring is 1. The highest BCUT2D eigenvalue weighted by Gasteiger charge is 2.12. The molecule has 86 valence electrons. The molecule has 2 aromatic rings. The van der Waals surface area contributed by atoms with Gasteiger partial charge in [-0.15, -0.1) is 11.8 Å². The van der Waals surface area contributed by atoms with E-state index < -0.39 is 0 Å². The van der Waals surface area contributed by atoms with Crippen LogP contribution in [0.4, 0.5) is 5.69 Å². The Balaban J connectivity index is 2.20. The zero-order chi connectivity index (χ0) is 11.8. The van der Waals surface area contributed by atoms with E-state index >= 15 is 0 Å². The number of nitrogens with zero attached hydrogens (tertiary/aromatic N) is 1. The molecule has 0 aliphatic rings. The number of H-pyrrole nitrogens is 1. The van der Waals surface area contributed by atoms with Gasteiger partial charge in [0.15, 0.2) is 0 Å². The van der Waals surface area contributed by atoms with Gasteiger partial charge in [0.25, 0.3) is 0 Å². The molecule has 0 bridgehead atoms. The van der Waals surface area contributed by atoms with Crippen molar-refractivity contribution in [2.24, 2.45) is 0 Å². The smallest absolute Gasteiger partial charge is 0.117 e. The Bertz CT molecular complexity index is 496. The lowest BCUT2D eigenvalue weighted by molar-refractivity contribution is 0.801. The van der Waals surface area contributed by atoms with Crippen molar-refractivity contribution in [1.82, 2.24) is 9.97 Å². The van der Waals surface area contributed by atoms with Crippen molar-refractivity contribution in [2.75, 3.05) is 5.73 Å². The molecular weight excluding hydrogens is 218 g/mol. The summed E-state index contributed by atoms with van der Waals surface area (Å²) in [6, 6.07) is 5.75. The Hall–Kier alpha value is -1.16. The van der Waals surface area contributed by atoms with E-state index in [4.69, 9.17) is 5.73 Å². The third kappa shape index (κ3) is 2.70. The summed E-state index contributed by atoms with van der Waals surface area (Å²) < 4.78 is 0.262. The molecule has 0 spiro atoms. The van der Waals surface area contributed by atoms with Crippen molar-refractivity contribution in [3.8, 4) is 0 Å². The Labute approximate surface area is 99.8 Å². The fourth-order valence-corrected chi connectivity index (χ4v) is 2.14. The van der Waals surface area contributed by atoms with Crippen LogP contribution in [-0.4, -0.2) is 14.7 Å². The molecule has 16 heavy (non-hydrogen) atoms. The number of nitrogens with two attached hydrogens (primary N) is 1. The summed E-state index contributed by atoms with van der Waals surface area (Å²) in [6.45, 7) is 6.62. The van der Waals surface area contributed by atoms with Gasteiger partial charge in [0.2, 0.25) is 0 Å². The second kappa shape index (κ2) is 4.01. The summed E-state index contributed by atoms with van der Waals surface area (Å²) in [4.78, 5) is 7.82. The average Bonchev–Trinajstić information content (AvgIpc) is 2.55. The summed E-state index contributed by atoms with van der Waals surface area (Å²) in [5.41, 5.74) is 8.50. The first-order valence-electron chi connectivity index (χ1n) is 5.32. The van der Waals surface area contributed by atoms with E-state index in [2.05, 4.69) is 30.7 Å². The van der Waals surface area contributed by atoms with Crippen LogP contribution in [0, 0.1) is 0 Å². The fraction of sp³-hybridized carbons (Fsp3) is 0.417. The van der Waals surface area contributed by atoms with Gasteiger partial charge in [-0.1, -0.05) is 20.8 Å². The van der Waals surface area contributed by atoms with Gasteiger partial charge in [-0.2, -0.15) is 0 Å². The fourth-order valence-electron chi connectivity index (χ4n) is 1.43. The van der Waals surface area contributed by atoms with Crippen LogP contribution in [0.1, 0.15) is 26.6 Å². The zero-order valence-electron chi connectivity index (χ0n) is 9.87. The van der Waals surface area contributed by atoms with Crippen LogP contribution in [0.5, 0.6) is 0 Å². The lowest BCUT2D eigenvalue weighted by Gasteiger charge is -2.16. The largest absolute Gasteiger partial charge is 0.399 e. The molecule has 4 heteroatoms. The van der Waals surface area contributed by atoms with Gasteiger partial charge in [0, 0.05) is 10.4 Å². The number of aromatic nitrogens is 2. The highest BCUT2D eigenvalue weighted by Crippen LogP contribution is 2.27. The maximum Gasteiger partial charge on any atom is 0.117 e. The molecule has 0 aliphatic heterocycles. The quantitative estimate of drug-likeness (QED) is 0.786. The number of benzene rings is 1. The predicted molar refractivity (Wildman–Crippen MR) is 71.6 cm³/mol. The highest BCUT2D eigenvalue weighted by molar-refractivity contribution is 7.99. The molecule has 2 rings (SSSR count). The zero-order valence-corrected chi connectivity index (χ0v) is 10.7. The number of nitrogens with one attached hydrogen (secondary N) is 1. The van der Waals surface area contributed by atoms with E-state index in [0.717, 1.165) is 28.3 Å². The first-order chi connectivity index (χ1) is 7.44. The van der Waals surface area contributed by atoms with Crippen LogP contribution in [0.3, 0.4) is 0 Å². The van der Waals surface area contributed by atoms with E-state index in [0.29, 0.717) is 0 Å². The number of hydrogen-bond acceptors (Lipinski definition) is 3. The first kappa shape index (κ1) is 11.3. The summed E-state index contributed by atoms with van der Waals surface area (Å²) in [6.07, 6.45) is 0.